The van der Waals surface area contributed by atoms with E-state index in [0.29, 0.717) is 0 Å². The second-order valence-electron chi connectivity index (χ2n) is 2.38. The summed E-state index contributed by atoms with van der Waals surface area (Å²) in [4.78, 5) is 0. The third kappa shape index (κ3) is 1.96. The molecule has 0 saturated heterocycles. The zero-order chi connectivity index (χ0) is 7.45. The van der Waals surface area contributed by atoms with Crippen LogP contribution < -0.4 is 5.32 Å². The Hall–Kier alpha value is -0.0800. The van der Waals surface area contributed by atoms with Gasteiger partial charge in [0.2, 0.25) is 0 Å². The Labute approximate surface area is 70.3 Å². The Morgan fingerprint density at radius 1 is 1.60 bits per heavy atom. The minimum atomic E-state index is 0.0243. The van der Waals surface area contributed by atoms with Gasteiger partial charge in [-0.25, -0.2) is 0 Å². The van der Waals surface area contributed by atoms with Gasteiger partial charge in [-0.05, 0) is 13.0 Å². The van der Waals surface area contributed by atoms with Crippen molar-refractivity contribution < 1.29 is 0 Å². The summed E-state index contributed by atoms with van der Waals surface area (Å²) >= 11 is 3.61. The average molecular weight is 202 g/mol. The van der Waals surface area contributed by atoms with Crippen molar-refractivity contribution in [3.8, 4) is 0 Å². The molecule has 0 spiro atoms. The van der Waals surface area contributed by atoms with Gasteiger partial charge in [-0.3, -0.25) is 5.32 Å². The van der Waals surface area contributed by atoms with Gasteiger partial charge in [-0.2, -0.15) is 0 Å². The number of rotatable bonds is 2. The van der Waals surface area contributed by atoms with E-state index in [9.17, 15) is 0 Å². The molecule has 0 fully saturated rings. The van der Waals surface area contributed by atoms with E-state index in [1.807, 2.05) is 0 Å². The van der Waals surface area contributed by atoms with Crippen molar-refractivity contribution in [2.45, 2.75) is 17.8 Å². The van der Waals surface area contributed by atoms with Gasteiger partial charge in [0, 0.05) is 0 Å². The van der Waals surface area contributed by atoms with Gasteiger partial charge in [0.15, 0.2) is 0 Å². The molecule has 1 N–H and O–H groups in total. The predicted molar refractivity (Wildman–Crippen MR) is 48.2 cm³/mol. The molecule has 0 aliphatic heterocycles. The van der Waals surface area contributed by atoms with Crippen LogP contribution in [-0.2, 0) is 0 Å². The lowest BCUT2D eigenvalue weighted by molar-refractivity contribution is 0.581. The molecule has 1 aliphatic rings. The minimum absolute atomic E-state index is 0.0243. The Morgan fingerprint density at radius 2 is 2.40 bits per heavy atom. The Morgan fingerprint density at radius 3 is 2.90 bits per heavy atom. The van der Waals surface area contributed by atoms with E-state index in [1.54, 1.807) is 0 Å². The van der Waals surface area contributed by atoms with Crippen LogP contribution in [0, 0.1) is 0 Å². The molecule has 1 nitrogen and oxygen atoms in total. The highest BCUT2D eigenvalue weighted by Crippen LogP contribution is 2.23. The molecule has 0 saturated carbocycles. The Balaban J connectivity index is 2.52. The van der Waals surface area contributed by atoms with Crippen LogP contribution in [0.15, 0.2) is 24.3 Å². The topological polar surface area (TPSA) is 12.0 Å². The fourth-order valence-corrected chi connectivity index (χ4v) is 1.64. The second-order valence-corrected chi connectivity index (χ2v) is 3.80. The Bertz CT molecular complexity index is 163. The van der Waals surface area contributed by atoms with Crippen LogP contribution in [0.1, 0.15) is 13.3 Å². The molecule has 2 heteroatoms. The monoisotopic (exact) mass is 201 g/mol. The molecule has 0 amide bonds. The first-order valence-electron chi connectivity index (χ1n) is 3.55. The predicted octanol–water partition coefficient (Wildman–Crippen LogP) is 2.20. The number of alkyl halides is 1. The molecule has 0 bridgehead atoms. The lowest BCUT2D eigenvalue weighted by Gasteiger charge is -2.24. The summed E-state index contributed by atoms with van der Waals surface area (Å²) in [6.07, 6.45) is 9.43. The van der Waals surface area contributed by atoms with Gasteiger partial charge in [0.25, 0.3) is 0 Å². The third-order valence-corrected chi connectivity index (χ3v) is 2.36. The molecular weight excluding hydrogens is 190 g/mol. The lowest BCUT2D eigenvalue weighted by Crippen LogP contribution is -2.37. The van der Waals surface area contributed by atoms with E-state index >= 15 is 0 Å². The molecule has 10 heavy (non-hydrogen) atoms. The van der Waals surface area contributed by atoms with Crippen LogP contribution in [0.3, 0.4) is 0 Å². The first kappa shape index (κ1) is 8.02. The fourth-order valence-electron chi connectivity index (χ4n) is 1.02. The van der Waals surface area contributed by atoms with E-state index < -0.39 is 0 Å². The molecule has 1 unspecified atom stereocenters. The van der Waals surface area contributed by atoms with E-state index in [2.05, 4.69) is 52.5 Å². The van der Waals surface area contributed by atoms with Crippen molar-refractivity contribution in [2.75, 3.05) is 6.54 Å². The summed E-state index contributed by atoms with van der Waals surface area (Å²) in [6.45, 7) is 3.10. The number of allylic oxidation sites excluding steroid dienone is 2. The van der Waals surface area contributed by atoms with Crippen molar-refractivity contribution in [2.24, 2.45) is 0 Å². The van der Waals surface area contributed by atoms with Crippen molar-refractivity contribution in [1.82, 2.24) is 5.32 Å². The largest absolute Gasteiger partial charge is 0.299 e. The molecule has 0 radical (unpaired) electrons. The first-order chi connectivity index (χ1) is 4.77. The van der Waals surface area contributed by atoms with Crippen molar-refractivity contribution in [3.63, 3.8) is 0 Å². The zero-order valence-electron chi connectivity index (χ0n) is 6.10. The van der Waals surface area contributed by atoms with Crippen molar-refractivity contribution in [3.05, 3.63) is 24.3 Å². The minimum Gasteiger partial charge on any atom is -0.299 e. The molecular formula is C8H12BrN. The third-order valence-electron chi connectivity index (χ3n) is 1.49. The molecule has 0 aromatic carbocycles. The quantitative estimate of drug-likeness (QED) is 0.534. The highest BCUT2D eigenvalue weighted by molar-refractivity contribution is 9.10. The van der Waals surface area contributed by atoms with Gasteiger partial charge >= 0.3 is 0 Å². The molecule has 1 rings (SSSR count). The summed E-state index contributed by atoms with van der Waals surface area (Å²) in [5.41, 5.74) is 0. The first-order valence-corrected chi connectivity index (χ1v) is 4.34. The SMILES string of the molecule is CCNC1(Br)C=CC=CC1. The van der Waals surface area contributed by atoms with Gasteiger partial charge in [-0.15, -0.1) is 0 Å². The maximum Gasteiger partial charge on any atom is 0.0965 e. The summed E-state index contributed by atoms with van der Waals surface area (Å²) in [5.74, 6) is 0. The van der Waals surface area contributed by atoms with Gasteiger partial charge in [0.1, 0.15) is 0 Å². The molecule has 0 heterocycles. The van der Waals surface area contributed by atoms with Crippen LogP contribution in [0.2, 0.25) is 0 Å². The smallest absolute Gasteiger partial charge is 0.0965 e. The number of likely N-dealkylation sites (N-methyl/N-ethyl adjacent to an activating group) is 1. The molecule has 1 aliphatic carbocycles. The van der Waals surface area contributed by atoms with E-state index in [0.717, 1.165) is 13.0 Å². The zero-order valence-corrected chi connectivity index (χ0v) is 7.69. The van der Waals surface area contributed by atoms with E-state index in [1.165, 1.54) is 0 Å². The number of halogens is 1. The summed E-state index contributed by atoms with van der Waals surface area (Å²) in [6, 6.07) is 0. The highest BCUT2D eigenvalue weighted by Gasteiger charge is 2.20. The Kier molecular flexibility index (Phi) is 2.69. The highest BCUT2D eigenvalue weighted by atomic mass is 79.9. The summed E-state index contributed by atoms with van der Waals surface area (Å²) in [5, 5.41) is 3.34. The maximum absolute atomic E-state index is 3.61. The number of hydrogen-bond acceptors (Lipinski definition) is 1. The molecule has 1 atom stereocenters. The molecule has 0 aromatic rings. The number of hydrogen-bond donors (Lipinski definition) is 1. The van der Waals surface area contributed by atoms with E-state index in [4.69, 9.17) is 0 Å². The van der Waals surface area contributed by atoms with Crippen LogP contribution >= 0.6 is 15.9 Å². The molecule has 56 valence electrons. The average Bonchev–Trinajstić information content (AvgIpc) is 1.89. The van der Waals surface area contributed by atoms with E-state index in [-0.39, 0.29) is 4.45 Å². The van der Waals surface area contributed by atoms with Crippen LogP contribution in [0.4, 0.5) is 0 Å². The van der Waals surface area contributed by atoms with Gasteiger partial charge in [-0.1, -0.05) is 47.2 Å². The second kappa shape index (κ2) is 3.35. The van der Waals surface area contributed by atoms with Crippen molar-refractivity contribution >= 4 is 15.9 Å². The van der Waals surface area contributed by atoms with Gasteiger partial charge < -0.3 is 0 Å². The summed E-state index contributed by atoms with van der Waals surface area (Å²) in [7, 11) is 0. The number of nitrogens with one attached hydrogen (secondary N) is 1. The lowest BCUT2D eigenvalue weighted by atomic mass is 10.1. The standard InChI is InChI=1S/C8H12BrN/c1-2-10-8(9)6-4-3-5-7-8/h3-6,10H,2,7H2,1H3. The fraction of sp³-hybridized carbons (Fsp3) is 0.500. The van der Waals surface area contributed by atoms with Gasteiger partial charge in [0.05, 0.1) is 4.45 Å². The molecule has 0 aromatic heterocycles. The summed E-state index contributed by atoms with van der Waals surface area (Å²) < 4.78 is 0.0243. The van der Waals surface area contributed by atoms with Crippen LogP contribution in [-0.4, -0.2) is 11.0 Å². The normalized spacial score (nSPS) is 31.0. The van der Waals surface area contributed by atoms with Crippen LogP contribution in [0.5, 0.6) is 0 Å². The van der Waals surface area contributed by atoms with Crippen molar-refractivity contribution in [1.29, 1.82) is 0 Å². The maximum atomic E-state index is 3.61. The van der Waals surface area contributed by atoms with Crippen LogP contribution in [0.25, 0.3) is 0 Å².